The highest BCUT2D eigenvalue weighted by atomic mass is 16.6. The van der Waals surface area contributed by atoms with E-state index in [4.69, 9.17) is 14.2 Å². The molecule has 0 saturated heterocycles. The molecule has 1 N–H and O–H groups in total. The number of methoxy groups -OCH3 is 1. The number of alkyl carbamates (subject to hydrolysis) is 1. The first-order valence-electron chi connectivity index (χ1n) is 6.61. The molecule has 0 aromatic heterocycles. The normalized spacial score (nSPS) is 15.2. The minimum absolute atomic E-state index is 0.530. The van der Waals surface area contributed by atoms with Crippen molar-refractivity contribution in [2.24, 2.45) is 0 Å². The Morgan fingerprint density at radius 2 is 1.40 bits per heavy atom. The van der Waals surface area contributed by atoms with E-state index in [-0.39, 0.29) is 0 Å². The van der Waals surface area contributed by atoms with Crippen LogP contribution in [0, 0.1) is 0 Å². The summed E-state index contributed by atoms with van der Waals surface area (Å²) in [6.07, 6.45) is -1.21. The van der Waals surface area contributed by atoms with Crippen LogP contribution in [0.5, 0.6) is 0 Å². The maximum Gasteiger partial charge on any atom is 0.408 e. The van der Waals surface area contributed by atoms with Crippen LogP contribution in [-0.2, 0) is 19.0 Å². The van der Waals surface area contributed by atoms with Gasteiger partial charge < -0.3 is 19.5 Å². The van der Waals surface area contributed by atoms with Crippen LogP contribution < -0.4 is 5.32 Å². The molecule has 0 aliphatic carbocycles. The lowest BCUT2D eigenvalue weighted by Crippen LogP contribution is -2.51. The molecule has 0 spiro atoms. The first-order valence-corrected chi connectivity index (χ1v) is 6.61. The summed E-state index contributed by atoms with van der Waals surface area (Å²) in [6.45, 7) is 12.2. The summed E-state index contributed by atoms with van der Waals surface area (Å²) in [4.78, 5) is 23.9. The van der Waals surface area contributed by atoms with E-state index in [0.29, 0.717) is 0 Å². The standard InChI is InChI=1S/C14H27NO5/c1-9(18-8)10(11(16)19-13(2,3)4)15-12(17)20-14(5,6)7/h9-10H,1-8H3,(H,15,17)/t9-,10+/m0/s1. The van der Waals surface area contributed by atoms with Crippen molar-refractivity contribution in [3.8, 4) is 0 Å². The van der Waals surface area contributed by atoms with Gasteiger partial charge in [0.15, 0.2) is 6.04 Å². The smallest absolute Gasteiger partial charge is 0.408 e. The number of hydrogen-bond donors (Lipinski definition) is 1. The third-order valence-corrected chi connectivity index (χ3v) is 2.17. The minimum atomic E-state index is -0.922. The second-order valence-corrected chi connectivity index (χ2v) is 6.60. The molecular weight excluding hydrogens is 262 g/mol. The Morgan fingerprint density at radius 3 is 1.75 bits per heavy atom. The summed E-state index contributed by atoms with van der Waals surface area (Å²) in [6, 6.07) is -0.922. The zero-order chi connectivity index (χ0) is 16.1. The van der Waals surface area contributed by atoms with E-state index in [9.17, 15) is 9.59 Å². The highest BCUT2D eigenvalue weighted by Gasteiger charge is 2.32. The van der Waals surface area contributed by atoms with Gasteiger partial charge in [-0.3, -0.25) is 0 Å². The summed E-state index contributed by atoms with van der Waals surface area (Å²) >= 11 is 0. The van der Waals surface area contributed by atoms with Crippen molar-refractivity contribution in [1.29, 1.82) is 0 Å². The van der Waals surface area contributed by atoms with Gasteiger partial charge in [0.1, 0.15) is 11.2 Å². The predicted octanol–water partition coefficient (Wildman–Crippen LogP) is 2.26. The Bertz CT molecular complexity index is 340. The summed E-state index contributed by atoms with van der Waals surface area (Å²) in [5.41, 5.74) is -1.28. The van der Waals surface area contributed by atoms with Gasteiger partial charge in [0.05, 0.1) is 6.10 Å². The average Bonchev–Trinajstić information content (AvgIpc) is 2.19. The van der Waals surface area contributed by atoms with Crippen molar-refractivity contribution in [3.63, 3.8) is 0 Å². The van der Waals surface area contributed by atoms with E-state index in [1.54, 1.807) is 48.5 Å². The number of carbonyl (C=O) groups is 2. The largest absolute Gasteiger partial charge is 0.458 e. The van der Waals surface area contributed by atoms with Crippen molar-refractivity contribution in [3.05, 3.63) is 0 Å². The zero-order valence-electron chi connectivity index (χ0n) is 13.7. The third-order valence-electron chi connectivity index (χ3n) is 2.17. The number of ether oxygens (including phenoxy) is 3. The lowest BCUT2D eigenvalue weighted by atomic mass is 10.1. The number of hydrogen-bond acceptors (Lipinski definition) is 5. The molecule has 6 heteroatoms. The van der Waals surface area contributed by atoms with Gasteiger partial charge in [0.25, 0.3) is 0 Å². The molecule has 20 heavy (non-hydrogen) atoms. The van der Waals surface area contributed by atoms with Crippen LogP contribution in [0.1, 0.15) is 48.5 Å². The van der Waals surface area contributed by atoms with E-state index in [1.807, 2.05) is 0 Å². The van der Waals surface area contributed by atoms with Crippen molar-refractivity contribution in [2.45, 2.75) is 71.8 Å². The molecular formula is C14H27NO5. The fraction of sp³-hybridized carbons (Fsp3) is 0.857. The van der Waals surface area contributed by atoms with Gasteiger partial charge in [0, 0.05) is 7.11 Å². The Balaban J connectivity index is 4.82. The van der Waals surface area contributed by atoms with E-state index in [0.717, 1.165) is 0 Å². The summed E-state index contributed by atoms with van der Waals surface area (Å²) < 4.78 is 15.5. The molecule has 6 nitrogen and oxygen atoms in total. The average molecular weight is 289 g/mol. The van der Waals surface area contributed by atoms with Gasteiger partial charge in [-0.2, -0.15) is 0 Å². The van der Waals surface area contributed by atoms with Crippen molar-refractivity contribution in [1.82, 2.24) is 5.32 Å². The van der Waals surface area contributed by atoms with E-state index < -0.39 is 35.4 Å². The molecule has 1 amide bonds. The third kappa shape index (κ3) is 7.99. The summed E-state index contributed by atoms with van der Waals surface area (Å²) in [5, 5.41) is 2.49. The van der Waals surface area contributed by atoms with Gasteiger partial charge in [-0.05, 0) is 48.5 Å². The maximum atomic E-state index is 12.1. The first kappa shape index (κ1) is 18.7. The fourth-order valence-electron chi connectivity index (χ4n) is 1.30. The van der Waals surface area contributed by atoms with Crippen molar-refractivity contribution >= 4 is 12.1 Å². The monoisotopic (exact) mass is 289 g/mol. The highest BCUT2D eigenvalue weighted by Crippen LogP contribution is 2.12. The van der Waals surface area contributed by atoms with E-state index in [2.05, 4.69) is 5.32 Å². The molecule has 0 aromatic rings. The molecule has 0 saturated carbocycles. The Labute approximate surface area is 121 Å². The number of amides is 1. The summed E-state index contributed by atoms with van der Waals surface area (Å²) in [5.74, 6) is -0.558. The van der Waals surface area contributed by atoms with E-state index in [1.165, 1.54) is 7.11 Å². The van der Waals surface area contributed by atoms with Gasteiger partial charge >= 0.3 is 12.1 Å². The molecule has 118 valence electrons. The van der Waals surface area contributed by atoms with Crippen LogP contribution in [0.15, 0.2) is 0 Å². The molecule has 0 bridgehead atoms. The molecule has 0 fully saturated rings. The molecule has 0 rings (SSSR count). The summed E-state index contributed by atoms with van der Waals surface area (Å²) in [7, 11) is 1.46. The van der Waals surface area contributed by atoms with Crippen LogP contribution in [0.25, 0.3) is 0 Å². The maximum absolute atomic E-state index is 12.1. The Kier molecular flexibility index (Phi) is 6.47. The minimum Gasteiger partial charge on any atom is -0.458 e. The fourth-order valence-corrected chi connectivity index (χ4v) is 1.30. The second kappa shape index (κ2) is 6.92. The van der Waals surface area contributed by atoms with Crippen LogP contribution >= 0.6 is 0 Å². The Morgan fingerprint density at radius 1 is 0.950 bits per heavy atom. The van der Waals surface area contributed by atoms with Crippen LogP contribution in [0.2, 0.25) is 0 Å². The number of nitrogens with one attached hydrogen (secondary N) is 1. The highest BCUT2D eigenvalue weighted by molar-refractivity contribution is 5.82. The topological polar surface area (TPSA) is 73.9 Å². The lowest BCUT2D eigenvalue weighted by molar-refractivity contribution is -0.160. The first-order chi connectivity index (χ1) is 8.85. The SMILES string of the molecule is CO[C@@H](C)[C@@H](NC(=O)OC(C)(C)C)C(=O)OC(C)(C)C. The van der Waals surface area contributed by atoms with Gasteiger partial charge in [0.2, 0.25) is 0 Å². The Hall–Kier alpha value is -1.30. The lowest BCUT2D eigenvalue weighted by Gasteiger charge is -2.28. The van der Waals surface area contributed by atoms with Crippen LogP contribution in [0.3, 0.4) is 0 Å². The van der Waals surface area contributed by atoms with Gasteiger partial charge in [-0.1, -0.05) is 0 Å². The molecule has 0 aromatic carbocycles. The molecule has 0 aliphatic rings. The van der Waals surface area contributed by atoms with Crippen LogP contribution in [0.4, 0.5) is 4.79 Å². The quantitative estimate of drug-likeness (QED) is 0.804. The molecule has 0 heterocycles. The zero-order valence-corrected chi connectivity index (χ0v) is 13.7. The van der Waals surface area contributed by atoms with E-state index >= 15 is 0 Å². The van der Waals surface area contributed by atoms with Crippen LogP contribution in [-0.4, -0.2) is 42.5 Å². The van der Waals surface area contributed by atoms with Crippen molar-refractivity contribution < 1.29 is 23.8 Å². The second-order valence-electron chi connectivity index (χ2n) is 6.60. The van der Waals surface area contributed by atoms with Gasteiger partial charge in [-0.25, -0.2) is 9.59 Å². The number of carbonyl (C=O) groups excluding carboxylic acids is 2. The van der Waals surface area contributed by atoms with Crippen molar-refractivity contribution in [2.75, 3.05) is 7.11 Å². The van der Waals surface area contributed by atoms with Gasteiger partial charge in [-0.15, -0.1) is 0 Å². The number of esters is 1. The molecule has 0 aliphatic heterocycles. The molecule has 0 radical (unpaired) electrons. The predicted molar refractivity (Wildman–Crippen MR) is 75.5 cm³/mol. The molecule has 2 atom stereocenters. The number of rotatable bonds is 4. The molecule has 0 unspecified atom stereocenters.